The highest BCUT2D eigenvalue weighted by Crippen LogP contribution is 2.12. The van der Waals surface area contributed by atoms with E-state index in [9.17, 15) is 9.59 Å². The van der Waals surface area contributed by atoms with Gasteiger partial charge in [0.05, 0.1) is 20.3 Å². The summed E-state index contributed by atoms with van der Waals surface area (Å²) in [7, 11) is 0.968. The molecule has 2 N–H and O–H groups in total. The fourth-order valence-electron chi connectivity index (χ4n) is 1.13. The second-order valence-corrected chi connectivity index (χ2v) is 2.88. The van der Waals surface area contributed by atoms with Crippen molar-refractivity contribution < 1.29 is 24.2 Å². The van der Waals surface area contributed by atoms with Gasteiger partial charge in [0.1, 0.15) is 0 Å². The summed E-state index contributed by atoms with van der Waals surface area (Å²) in [4.78, 5) is 23.2. The van der Waals surface area contributed by atoms with E-state index in [4.69, 9.17) is 10.0 Å². The van der Waals surface area contributed by atoms with E-state index in [2.05, 4.69) is 0 Å². The summed E-state index contributed by atoms with van der Waals surface area (Å²) in [6, 6.07) is -0.484. The number of hydrogen-bond donors (Lipinski definition) is 2. The molecule has 1 heterocycles. The van der Waals surface area contributed by atoms with Gasteiger partial charge in [-0.2, -0.15) is 9.69 Å². The topological polar surface area (TPSA) is 80.9 Å². The van der Waals surface area contributed by atoms with Crippen LogP contribution < -0.4 is 0 Å². The van der Waals surface area contributed by atoms with E-state index in [0.29, 0.717) is 0 Å². The van der Waals surface area contributed by atoms with Gasteiger partial charge in [0.2, 0.25) is 0 Å². The summed E-state index contributed by atoms with van der Waals surface area (Å²) >= 11 is 0. The smallest absolute Gasteiger partial charge is 0.426 e. The maximum absolute atomic E-state index is 11.2. The number of amides is 3. The van der Waals surface area contributed by atoms with Crippen LogP contribution in [0.4, 0.5) is 4.79 Å². The Labute approximate surface area is 75.2 Å². The lowest BCUT2D eigenvalue weighted by Gasteiger charge is -2.18. The molecule has 0 bridgehead atoms. The first-order valence-corrected chi connectivity index (χ1v) is 3.70. The molecule has 0 fully saturated rings. The SMILES string of the molecule is CN1C(=O)C(B(O)O)C=[N+](C)C1=O. The Bertz CT molecular complexity index is 288. The van der Waals surface area contributed by atoms with Crippen LogP contribution in [0.2, 0.25) is 5.82 Å². The summed E-state index contributed by atoms with van der Waals surface area (Å²) in [5.74, 6) is -1.68. The van der Waals surface area contributed by atoms with Crippen LogP contribution >= 0.6 is 0 Å². The van der Waals surface area contributed by atoms with Gasteiger partial charge in [-0.15, -0.1) is 0 Å². The van der Waals surface area contributed by atoms with Crippen LogP contribution in [0.25, 0.3) is 0 Å². The number of imide groups is 1. The van der Waals surface area contributed by atoms with E-state index in [1.54, 1.807) is 0 Å². The number of nitrogens with zero attached hydrogens (tertiary/aromatic N) is 2. The monoisotopic (exact) mass is 185 g/mol. The first-order chi connectivity index (χ1) is 5.95. The van der Waals surface area contributed by atoms with E-state index in [-0.39, 0.29) is 0 Å². The Morgan fingerprint density at radius 3 is 2.54 bits per heavy atom. The zero-order valence-electron chi connectivity index (χ0n) is 7.34. The molecule has 0 saturated heterocycles. The minimum absolute atomic E-state index is 0.484. The lowest BCUT2D eigenvalue weighted by molar-refractivity contribution is -0.399. The third-order valence-electron chi connectivity index (χ3n) is 1.91. The molecule has 70 valence electrons. The minimum atomic E-state index is -1.77. The summed E-state index contributed by atoms with van der Waals surface area (Å²) in [6.45, 7) is 0. The maximum Gasteiger partial charge on any atom is 0.499 e. The van der Waals surface area contributed by atoms with E-state index >= 15 is 0 Å². The third-order valence-corrected chi connectivity index (χ3v) is 1.91. The predicted molar refractivity (Wildman–Crippen MR) is 44.4 cm³/mol. The number of carbonyl (C=O) groups excluding carboxylic acids is 2. The summed E-state index contributed by atoms with van der Waals surface area (Å²) < 4.78 is 1.14. The Hall–Kier alpha value is -1.21. The maximum atomic E-state index is 11.2. The quantitative estimate of drug-likeness (QED) is 0.370. The van der Waals surface area contributed by atoms with Gasteiger partial charge >= 0.3 is 19.1 Å². The van der Waals surface area contributed by atoms with Crippen molar-refractivity contribution in [3.63, 3.8) is 0 Å². The molecule has 0 aliphatic carbocycles. The fourth-order valence-corrected chi connectivity index (χ4v) is 1.13. The number of urea groups is 1. The molecule has 0 saturated carbocycles. The van der Waals surface area contributed by atoms with Crippen molar-refractivity contribution in [1.82, 2.24) is 4.90 Å². The first-order valence-electron chi connectivity index (χ1n) is 3.70. The Morgan fingerprint density at radius 2 is 2.08 bits per heavy atom. The zero-order valence-corrected chi connectivity index (χ0v) is 7.34. The van der Waals surface area contributed by atoms with Gasteiger partial charge in [-0.3, -0.25) is 0 Å². The normalized spacial score (nSPS) is 23.2. The van der Waals surface area contributed by atoms with Gasteiger partial charge in [0, 0.05) is 0 Å². The summed E-state index contributed by atoms with van der Waals surface area (Å²) in [5, 5.41) is 17.6. The first kappa shape index (κ1) is 9.88. The molecule has 1 unspecified atom stereocenters. The Kier molecular flexibility index (Phi) is 2.49. The van der Waals surface area contributed by atoms with Gasteiger partial charge in [-0.25, -0.2) is 9.37 Å². The standard InChI is InChI=1S/C6H10BN2O4/c1-8-3-4(7(12)13)5(10)9(2)6(8)11/h3-4,12-13H,1-2H3/q+1. The molecule has 1 atom stereocenters. The largest absolute Gasteiger partial charge is 0.499 e. The van der Waals surface area contributed by atoms with Crippen LogP contribution in [-0.2, 0) is 4.79 Å². The number of rotatable bonds is 1. The predicted octanol–water partition coefficient (Wildman–Crippen LogP) is -1.87. The fraction of sp³-hybridized carbons (Fsp3) is 0.500. The second-order valence-electron chi connectivity index (χ2n) is 2.88. The van der Waals surface area contributed by atoms with Gasteiger partial charge in [-0.05, 0) is 0 Å². The minimum Gasteiger partial charge on any atom is -0.426 e. The van der Waals surface area contributed by atoms with Gasteiger partial charge < -0.3 is 10.0 Å². The molecule has 7 heteroatoms. The van der Waals surface area contributed by atoms with Crippen molar-refractivity contribution in [1.29, 1.82) is 0 Å². The Balaban J connectivity index is 3.03. The van der Waals surface area contributed by atoms with Gasteiger partial charge in [0.25, 0.3) is 0 Å². The van der Waals surface area contributed by atoms with Crippen LogP contribution in [-0.4, -0.2) is 58.9 Å². The van der Waals surface area contributed by atoms with Crippen molar-refractivity contribution in [3.8, 4) is 0 Å². The Morgan fingerprint density at radius 1 is 1.54 bits per heavy atom. The number of carbonyl (C=O) groups is 2. The van der Waals surface area contributed by atoms with Crippen LogP contribution in [0, 0.1) is 0 Å². The van der Waals surface area contributed by atoms with Crippen LogP contribution in [0.1, 0.15) is 0 Å². The molecule has 0 aromatic carbocycles. The molecule has 3 amide bonds. The van der Waals surface area contributed by atoms with E-state index in [1.807, 2.05) is 0 Å². The highest BCUT2D eigenvalue weighted by atomic mass is 16.4. The van der Waals surface area contributed by atoms with Crippen molar-refractivity contribution in [2.75, 3.05) is 14.1 Å². The number of hydrogen-bond acceptors (Lipinski definition) is 4. The lowest BCUT2D eigenvalue weighted by Crippen LogP contribution is -2.49. The molecule has 6 nitrogen and oxygen atoms in total. The zero-order chi connectivity index (χ0) is 10.2. The molecule has 1 aliphatic rings. The van der Waals surface area contributed by atoms with E-state index in [1.165, 1.54) is 20.3 Å². The summed E-state index contributed by atoms with van der Waals surface area (Å²) in [6.07, 6.45) is 1.19. The molecule has 0 spiro atoms. The van der Waals surface area contributed by atoms with Gasteiger partial charge in [0.15, 0.2) is 5.82 Å². The molecule has 1 rings (SSSR count). The molecule has 0 radical (unpaired) electrons. The van der Waals surface area contributed by atoms with Crippen molar-refractivity contribution in [2.45, 2.75) is 5.82 Å². The van der Waals surface area contributed by atoms with Crippen molar-refractivity contribution >= 4 is 25.3 Å². The van der Waals surface area contributed by atoms with Crippen molar-refractivity contribution in [2.24, 2.45) is 0 Å². The molecular weight excluding hydrogens is 175 g/mol. The van der Waals surface area contributed by atoms with Crippen molar-refractivity contribution in [3.05, 3.63) is 0 Å². The average Bonchev–Trinajstić information content (AvgIpc) is 2.07. The molecule has 1 aliphatic heterocycles. The average molecular weight is 185 g/mol. The summed E-state index contributed by atoms with van der Waals surface area (Å²) in [5.41, 5.74) is 0. The molecule has 13 heavy (non-hydrogen) atoms. The third kappa shape index (κ3) is 1.61. The highest BCUT2D eigenvalue weighted by molar-refractivity contribution is 6.54. The van der Waals surface area contributed by atoms with Crippen LogP contribution in [0.3, 0.4) is 0 Å². The highest BCUT2D eigenvalue weighted by Gasteiger charge is 2.44. The lowest BCUT2D eigenvalue weighted by atomic mass is 9.72. The van der Waals surface area contributed by atoms with Crippen LogP contribution in [0.15, 0.2) is 0 Å². The second kappa shape index (κ2) is 3.27. The molecule has 0 aromatic heterocycles. The van der Waals surface area contributed by atoms with Gasteiger partial charge in [-0.1, -0.05) is 0 Å². The molecule has 0 aromatic rings. The van der Waals surface area contributed by atoms with E-state index in [0.717, 1.165) is 9.48 Å². The van der Waals surface area contributed by atoms with Crippen LogP contribution in [0.5, 0.6) is 0 Å². The molecular formula is C6H10BN2O4+. The van der Waals surface area contributed by atoms with E-state index < -0.39 is 24.9 Å².